The molecule has 0 aromatic heterocycles. The number of nitrogens with one attached hydrogen (secondary N) is 1. The van der Waals surface area contributed by atoms with Crippen LogP contribution in [0.5, 0.6) is 0 Å². The Labute approximate surface area is 646 Å². The summed E-state index contributed by atoms with van der Waals surface area (Å²) in [5, 5.41) is -25.0. The first-order valence-electron chi connectivity index (χ1n) is 38.8. The normalized spacial score (nSPS) is 12.3. The topological polar surface area (TPSA) is 7.68 Å². The number of anilines is 1. The quantitative estimate of drug-likeness (QED) is 0.0132. The van der Waals surface area contributed by atoms with Gasteiger partial charge in [-0.2, -0.15) is 0 Å². The molecule has 9 rings (SSSR count). The number of rotatable bonds is 40. The number of hydrogen-bond acceptors (Lipinski definition) is 1. The SMILES string of the molecule is CCCCCCCCCCCCCCCCCCN(C)c1cccc([NH+](C)CCCCCCCCCCCCCCCCCC)c1.Fc1c(F)c(F)c2c(F)c([B-](c3c(F)c(F)c4c(F)c(F)c(F)c(F)c4c3F)(c3c(F)c(F)c4c(F)c(F)c(F)c(F)c4c3F)c3c(F)c(F)c4c(F)c(F)c(F)c(F)c4c3F)c(F)c(F)c2c1F. The van der Waals surface area contributed by atoms with Crippen LogP contribution in [0.1, 0.15) is 219 Å². The van der Waals surface area contributed by atoms with Crippen molar-refractivity contribution in [2.45, 2.75) is 219 Å². The molecule has 115 heavy (non-hydrogen) atoms. The molecule has 9 aromatic carbocycles. The molecule has 31 heteroatoms. The van der Waals surface area contributed by atoms with E-state index in [0.717, 1.165) is 0 Å². The first-order valence-corrected chi connectivity index (χ1v) is 38.8. The summed E-state index contributed by atoms with van der Waals surface area (Å²) in [5.74, 6) is -102. The van der Waals surface area contributed by atoms with Gasteiger partial charge in [0.15, 0.2) is 116 Å². The van der Waals surface area contributed by atoms with E-state index in [4.69, 9.17) is 0 Å². The number of benzene rings is 9. The Morgan fingerprint density at radius 1 is 0.235 bits per heavy atom. The molecule has 0 amide bonds. The lowest BCUT2D eigenvalue weighted by molar-refractivity contribution is -0.810. The third-order valence-electron chi connectivity index (χ3n) is 21.8. The van der Waals surface area contributed by atoms with Crippen LogP contribution in [0.2, 0.25) is 0 Å². The largest absolute Gasteiger partial charge is 0.374 e. The zero-order valence-corrected chi connectivity index (χ0v) is 63.5. The summed E-state index contributed by atoms with van der Waals surface area (Å²) < 4.78 is 442. The van der Waals surface area contributed by atoms with Crippen molar-refractivity contribution in [2.75, 3.05) is 32.1 Å². The lowest BCUT2D eigenvalue weighted by Gasteiger charge is -2.45. The van der Waals surface area contributed by atoms with E-state index in [2.05, 4.69) is 57.1 Å². The van der Waals surface area contributed by atoms with Gasteiger partial charge in [-0.05, 0) is 31.4 Å². The Kier molecular flexibility index (Phi) is 33.2. The molecule has 0 saturated carbocycles. The van der Waals surface area contributed by atoms with E-state index in [-0.39, 0.29) is 0 Å². The Morgan fingerprint density at radius 3 is 0.652 bits per heavy atom. The minimum Gasteiger partial charge on any atom is -0.374 e. The second kappa shape index (κ2) is 41.3. The fourth-order valence-electron chi connectivity index (χ4n) is 15.5. The van der Waals surface area contributed by atoms with E-state index in [0.29, 0.717) is 0 Å². The molecule has 0 aliphatic heterocycles. The van der Waals surface area contributed by atoms with Crippen molar-refractivity contribution in [1.82, 2.24) is 0 Å². The van der Waals surface area contributed by atoms with Crippen LogP contribution in [0, 0.1) is 163 Å². The maximum Gasteiger partial charge on any atom is 0.198 e. The highest BCUT2D eigenvalue weighted by Gasteiger charge is 2.53. The smallest absolute Gasteiger partial charge is 0.198 e. The number of unbranched alkanes of at least 4 members (excludes halogenated alkanes) is 30. The molecule has 9 aromatic rings. The predicted molar refractivity (Wildman–Crippen MR) is 389 cm³/mol. The van der Waals surface area contributed by atoms with Crippen molar-refractivity contribution in [3.63, 3.8) is 0 Å². The molecule has 0 saturated heterocycles. The fraction of sp³-hybridized carbons (Fsp3) is 0.452. The van der Waals surface area contributed by atoms with E-state index in [9.17, 15) is 35.1 Å². The average Bonchev–Trinajstić information content (AvgIpc) is 0.668. The second-order valence-electron chi connectivity index (χ2n) is 29.4. The number of hydrogen-bond donors (Lipinski definition) is 1. The van der Waals surface area contributed by atoms with E-state index >= 15 is 87.8 Å². The zero-order valence-electron chi connectivity index (χ0n) is 63.5. The van der Waals surface area contributed by atoms with Gasteiger partial charge in [0, 0.05) is 25.3 Å². The summed E-state index contributed by atoms with van der Waals surface area (Å²) >= 11 is 0. The number of halogens is 28. The highest BCUT2D eigenvalue weighted by atomic mass is 19.2. The molecule has 0 fully saturated rings. The molecule has 630 valence electrons. The Bertz CT molecular complexity index is 4430. The highest BCUT2D eigenvalue weighted by Crippen LogP contribution is 2.42. The fourth-order valence-corrected chi connectivity index (χ4v) is 15.5. The van der Waals surface area contributed by atoms with Crippen LogP contribution in [-0.4, -0.2) is 33.3 Å². The van der Waals surface area contributed by atoms with Crippen molar-refractivity contribution in [1.29, 1.82) is 0 Å². The number of fused-ring (bicyclic) bond motifs is 4. The summed E-state index contributed by atoms with van der Waals surface area (Å²) in [4.78, 5) is 4.05. The summed E-state index contributed by atoms with van der Waals surface area (Å²) in [6, 6.07) is 9.34. The molecule has 0 heterocycles. The third kappa shape index (κ3) is 18.9. The molecule has 1 unspecified atom stereocenters. The van der Waals surface area contributed by atoms with Gasteiger partial charge in [0.2, 0.25) is 0 Å². The summed E-state index contributed by atoms with van der Waals surface area (Å²) in [6.07, 6.45) is 38.1. The molecule has 2 nitrogen and oxygen atoms in total. The van der Waals surface area contributed by atoms with Gasteiger partial charge in [-0.25, -0.2) is 123 Å². The molecule has 0 bridgehead atoms. The van der Waals surface area contributed by atoms with Crippen molar-refractivity contribution in [2.24, 2.45) is 0 Å². The molecular weight excluding hydrogens is 1580 g/mol. The second-order valence-corrected chi connectivity index (χ2v) is 29.4. The molecule has 1 atom stereocenters. The highest BCUT2D eigenvalue weighted by molar-refractivity contribution is 7.20. The number of nitrogens with zero attached hydrogens (tertiary/aromatic N) is 1. The molecule has 1 N–H and O–H groups in total. The first kappa shape index (κ1) is 92.4. The number of quaternary nitrogens is 1. The lowest BCUT2D eigenvalue weighted by atomic mass is 9.12. The summed E-state index contributed by atoms with van der Waals surface area (Å²) in [5.41, 5.74) is -13.0. The van der Waals surface area contributed by atoms with E-state index in [1.165, 1.54) is 230 Å². The van der Waals surface area contributed by atoms with Crippen LogP contribution < -0.4 is 31.7 Å². The standard InChI is InChI=1S/C44H84N2.C40BF28/c1-5-7-9-11-13-15-17-19-21-23-25-27-29-31-33-35-40-45(3)43-38-37-39-44(42-43)46(4)41-36-34-32-30-28-26-24-22-20-18-16-14-12-10-8-6-2;42-13-1-5(25(54)37(66)33(62)21(1)50)17(46)29(58)9(13)41(10-14(43)2-6(18(47)30(10)59)26(55)38(67)34(63)22(2)51,11-15(44)3-7(19(48)31(11)60)27(56)39(68)35(64)23(3)52)12-16(45)4-8(20(49)32(12)61)28(57)40(69)36(65)24(4)53/h37-39,42H,5-36,40-41H2,1-4H3;/q;-1/p+1. The van der Waals surface area contributed by atoms with Gasteiger partial charge in [-0.3, -0.25) is 0 Å². The zero-order chi connectivity index (χ0) is 84.8. The van der Waals surface area contributed by atoms with Crippen molar-refractivity contribution < 1.29 is 128 Å². The van der Waals surface area contributed by atoms with Gasteiger partial charge < -0.3 is 9.80 Å². The van der Waals surface area contributed by atoms with Gasteiger partial charge in [0.1, 0.15) is 58.4 Å². The molecule has 0 aliphatic rings. The van der Waals surface area contributed by atoms with Crippen LogP contribution in [0.4, 0.5) is 134 Å². The van der Waals surface area contributed by atoms with Crippen LogP contribution in [0.3, 0.4) is 0 Å². The van der Waals surface area contributed by atoms with Gasteiger partial charge >= 0.3 is 0 Å². The third-order valence-corrected chi connectivity index (χ3v) is 21.8. The lowest BCUT2D eigenvalue weighted by Crippen LogP contribution is -3.03. The Morgan fingerprint density at radius 2 is 0.426 bits per heavy atom. The van der Waals surface area contributed by atoms with Gasteiger partial charge in [0.05, 0.1) is 56.7 Å². The van der Waals surface area contributed by atoms with E-state index in [1.807, 2.05) is 0 Å². The van der Waals surface area contributed by atoms with E-state index in [1.54, 1.807) is 4.90 Å². The van der Waals surface area contributed by atoms with Crippen molar-refractivity contribution in [3.05, 3.63) is 187 Å². The Hall–Kier alpha value is -8.12. The predicted octanol–water partition coefficient (Wildman–Crippen LogP) is 25.4. The monoisotopic (exact) mass is 1660 g/mol. The minimum atomic E-state index is -7.99. The summed E-state index contributed by atoms with van der Waals surface area (Å²) in [6.45, 7) is 7.05. The van der Waals surface area contributed by atoms with Crippen molar-refractivity contribution >= 4 is 82.5 Å². The average molecular weight is 1670 g/mol. The van der Waals surface area contributed by atoms with Gasteiger partial charge in [-0.15, -0.1) is 21.9 Å². The molecule has 0 aliphatic carbocycles. The molecule has 0 spiro atoms. The van der Waals surface area contributed by atoms with Gasteiger partial charge in [0.25, 0.3) is 0 Å². The van der Waals surface area contributed by atoms with E-state index < -0.39 is 234 Å². The minimum absolute atomic E-state index is 1.18. The molecule has 0 radical (unpaired) electrons. The van der Waals surface area contributed by atoms with Crippen LogP contribution in [0.25, 0.3) is 43.1 Å². The maximum atomic E-state index is 17.4. The van der Waals surface area contributed by atoms with Crippen LogP contribution in [-0.2, 0) is 0 Å². The Balaban J connectivity index is 0.000000314. The van der Waals surface area contributed by atoms with Crippen molar-refractivity contribution in [3.8, 4) is 0 Å². The maximum absolute atomic E-state index is 17.4. The summed E-state index contributed by atoms with van der Waals surface area (Å²) in [7, 11) is 4.65. The van der Waals surface area contributed by atoms with Crippen LogP contribution >= 0.6 is 0 Å². The molecular formula is C84H85BF28N2. The van der Waals surface area contributed by atoms with Crippen LogP contribution in [0.15, 0.2) is 24.3 Å². The van der Waals surface area contributed by atoms with Gasteiger partial charge in [-0.1, -0.05) is 206 Å². The first-order chi connectivity index (χ1) is 54.7.